The van der Waals surface area contributed by atoms with Crippen LogP contribution >= 0.6 is 11.3 Å². The molecule has 30 heavy (non-hydrogen) atoms. The van der Waals surface area contributed by atoms with E-state index in [0.717, 1.165) is 47.4 Å². The van der Waals surface area contributed by atoms with Crippen molar-refractivity contribution < 1.29 is 18.3 Å². The fraction of sp³-hybridized carbons (Fsp3) is 0.524. The highest BCUT2D eigenvalue weighted by Crippen LogP contribution is 2.46. The summed E-state index contributed by atoms with van der Waals surface area (Å²) in [6.45, 7) is 5.22. The Hall–Kier alpha value is -1.97. The number of rotatable bonds is 6. The number of carbonyl (C=O) groups excluding carboxylic acids is 1. The molecule has 1 heterocycles. The van der Waals surface area contributed by atoms with Crippen LogP contribution in [0.2, 0.25) is 0 Å². The van der Waals surface area contributed by atoms with Crippen molar-refractivity contribution >= 4 is 33.1 Å². The number of amides is 2. The Morgan fingerprint density at radius 2 is 2.03 bits per heavy atom. The number of anilines is 1. The molecule has 2 aliphatic carbocycles. The van der Waals surface area contributed by atoms with Crippen molar-refractivity contribution in [2.24, 2.45) is 5.92 Å². The van der Waals surface area contributed by atoms with Crippen LogP contribution in [-0.4, -0.2) is 24.5 Å². The Labute approximate surface area is 181 Å². The molecule has 1 aromatic carbocycles. The molecule has 9 heteroatoms. The highest BCUT2D eigenvalue weighted by atomic mass is 32.2. The van der Waals surface area contributed by atoms with E-state index in [2.05, 4.69) is 34.1 Å². The number of hydrogen-bond acceptors (Lipinski definition) is 6. The predicted octanol–water partition coefficient (Wildman–Crippen LogP) is 3.88. The molecular weight excluding hydrogens is 422 g/mol. The SMILES string of the molecule is C[C@@H](c1ccc2c(c1NC(=O)NS(=O)(=O)c1nc(C(C)(C)O)cs1)CCC2)C1CC1. The molecule has 2 amide bonds. The minimum atomic E-state index is -4.14. The van der Waals surface area contributed by atoms with Gasteiger partial charge in [0, 0.05) is 11.1 Å². The van der Waals surface area contributed by atoms with Crippen LogP contribution in [-0.2, 0) is 28.5 Å². The molecule has 3 N–H and O–H groups in total. The molecule has 0 aliphatic heterocycles. The second-order valence-electron chi connectivity index (χ2n) is 8.76. The van der Waals surface area contributed by atoms with Gasteiger partial charge >= 0.3 is 6.03 Å². The number of nitrogens with zero attached hydrogens (tertiary/aromatic N) is 1. The van der Waals surface area contributed by atoms with Crippen LogP contribution in [0.1, 0.15) is 68.3 Å². The van der Waals surface area contributed by atoms with Crippen LogP contribution in [0.15, 0.2) is 21.9 Å². The molecule has 1 atom stereocenters. The Bertz CT molecular complexity index is 1080. The van der Waals surface area contributed by atoms with Gasteiger partial charge in [0.2, 0.25) is 4.34 Å². The number of sulfonamides is 1. The average Bonchev–Trinajstić information content (AvgIpc) is 3.16. The quantitative estimate of drug-likeness (QED) is 0.620. The molecule has 1 aromatic heterocycles. The van der Waals surface area contributed by atoms with Crippen molar-refractivity contribution in [1.82, 2.24) is 9.71 Å². The third-order valence-corrected chi connectivity index (χ3v) is 8.53. The van der Waals surface area contributed by atoms with Gasteiger partial charge in [-0.05, 0) is 74.5 Å². The molecular formula is C21H27N3O4S2. The number of benzene rings is 1. The monoisotopic (exact) mass is 449 g/mol. The van der Waals surface area contributed by atoms with E-state index in [0.29, 0.717) is 11.8 Å². The number of thiazole rings is 1. The Morgan fingerprint density at radius 3 is 2.67 bits per heavy atom. The van der Waals surface area contributed by atoms with Crippen molar-refractivity contribution in [3.05, 3.63) is 39.9 Å². The van der Waals surface area contributed by atoms with Gasteiger partial charge in [-0.15, -0.1) is 11.3 Å². The Kier molecular flexibility index (Phi) is 5.40. The number of nitrogens with one attached hydrogen (secondary N) is 2. The maximum Gasteiger partial charge on any atom is 0.333 e. The fourth-order valence-electron chi connectivity index (χ4n) is 4.03. The number of aromatic nitrogens is 1. The first kappa shape index (κ1) is 21.3. The maximum atomic E-state index is 12.7. The van der Waals surface area contributed by atoms with Gasteiger partial charge in [0.15, 0.2) is 0 Å². The number of aryl methyl sites for hydroxylation is 1. The first-order chi connectivity index (χ1) is 14.1. The standard InChI is InChI=1S/C21H27N3O4S2/c1-12(13-7-8-13)15-10-9-14-5-4-6-16(14)18(15)23-19(25)24-30(27,28)20-22-17(11-29-20)21(2,3)26/h9-13,26H,4-8H2,1-3H3,(H2,23,24,25)/t12-/m1/s1. The smallest absolute Gasteiger partial charge is 0.333 e. The van der Waals surface area contributed by atoms with Gasteiger partial charge in [-0.3, -0.25) is 0 Å². The van der Waals surface area contributed by atoms with E-state index in [-0.39, 0.29) is 10.0 Å². The van der Waals surface area contributed by atoms with Crippen molar-refractivity contribution in [1.29, 1.82) is 0 Å². The summed E-state index contributed by atoms with van der Waals surface area (Å²) in [7, 11) is -4.14. The van der Waals surface area contributed by atoms with Crippen LogP contribution in [0.4, 0.5) is 10.5 Å². The molecule has 7 nitrogen and oxygen atoms in total. The van der Waals surface area contributed by atoms with Crippen LogP contribution in [0, 0.1) is 5.92 Å². The normalized spacial score (nSPS) is 17.5. The summed E-state index contributed by atoms with van der Waals surface area (Å²) in [6, 6.07) is 3.43. The molecule has 0 unspecified atom stereocenters. The van der Waals surface area contributed by atoms with Gasteiger partial charge in [0.1, 0.15) is 5.60 Å². The zero-order valence-electron chi connectivity index (χ0n) is 17.4. The van der Waals surface area contributed by atoms with Crippen molar-refractivity contribution in [3.63, 3.8) is 0 Å². The van der Waals surface area contributed by atoms with Gasteiger partial charge in [-0.2, -0.15) is 8.42 Å². The molecule has 162 valence electrons. The van der Waals surface area contributed by atoms with Crippen LogP contribution < -0.4 is 10.0 Å². The number of urea groups is 1. The summed E-state index contributed by atoms with van der Waals surface area (Å²) < 4.78 is 27.1. The van der Waals surface area contributed by atoms with E-state index in [1.54, 1.807) is 0 Å². The lowest BCUT2D eigenvalue weighted by Gasteiger charge is -2.20. The highest BCUT2D eigenvalue weighted by molar-refractivity contribution is 7.92. The van der Waals surface area contributed by atoms with E-state index in [4.69, 9.17) is 0 Å². The molecule has 0 saturated heterocycles. The maximum absolute atomic E-state index is 12.7. The molecule has 0 bridgehead atoms. The lowest BCUT2D eigenvalue weighted by Crippen LogP contribution is -2.35. The summed E-state index contributed by atoms with van der Waals surface area (Å²) in [5.74, 6) is 0.934. The second-order valence-corrected chi connectivity index (χ2v) is 11.5. The van der Waals surface area contributed by atoms with Gasteiger partial charge in [-0.1, -0.05) is 19.1 Å². The Morgan fingerprint density at radius 1 is 1.30 bits per heavy atom. The molecule has 1 saturated carbocycles. The minimum absolute atomic E-state index is 0.245. The number of carbonyl (C=O) groups is 1. The second kappa shape index (κ2) is 7.62. The summed E-state index contributed by atoms with van der Waals surface area (Å²) in [5.41, 5.74) is 3.15. The molecule has 2 aromatic rings. The lowest BCUT2D eigenvalue weighted by molar-refractivity contribution is 0.0741. The number of hydrogen-bond donors (Lipinski definition) is 3. The first-order valence-electron chi connectivity index (χ1n) is 10.2. The number of fused-ring (bicyclic) bond motifs is 1. The van der Waals surface area contributed by atoms with Gasteiger partial charge in [-0.25, -0.2) is 14.5 Å². The zero-order valence-corrected chi connectivity index (χ0v) is 19.0. The Balaban J connectivity index is 1.57. The first-order valence-corrected chi connectivity index (χ1v) is 12.6. The van der Waals surface area contributed by atoms with E-state index in [9.17, 15) is 18.3 Å². The molecule has 2 aliphatic rings. The summed E-state index contributed by atoms with van der Waals surface area (Å²) in [6.07, 6.45) is 5.26. The summed E-state index contributed by atoms with van der Waals surface area (Å²) >= 11 is 0.870. The van der Waals surface area contributed by atoms with Crippen molar-refractivity contribution in [2.75, 3.05) is 5.32 Å². The van der Waals surface area contributed by atoms with Crippen LogP contribution in [0.25, 0.3) is 0 Å². The fourth-order valence-corrected chi connectivity index (χ4v) is 6.11. The van der Waals surface area contributed by atoms with Crippen LogP contribution in [0.5, 0.6) is 0 Å². The van der Waals surface area contributed by atoms with Gasteiger partial charge < -0.3 is 10.4 Å². The molecule has 0 spiro atoms. The van der Waals surface area contributed by atoms with Crippen molar-refractivity contribution in [2.45, 2.75) is 68.7 Å². The zero-order chi connectivity index (χ0) is 21.7. The molecule has 0 radical (unpaired) electrons. The lowest BCUT2D eigenvalue weighted by atomic mass is 9.91. The van der Waals surface area contributed by atoms with E-state index in [1.165, 1.54) is 37.6 Å². The van der Waals surface area contributed by atoms with Crippen molar-refractivity contribution in [3.8, 4) is 0 Å². The van der Waals surface area contributed by atoms with Crippen LogP contribution in [0.3, 0.4) is 0 Å². The van der Waals surface area contributed by atoms with E-state index in [1.807, 2.05) is 0 Å². The topological polar surface area (TPSA) is 108 Å². The summed E-state index contributed by atoms with van der Waals surface area (Å²) in [5, 5.41) is 14.3. The molecule has 4 rings (SSSR count). The largest absolute Gasteiger partial charge is 0.384 e. The predicted molar refractivity (Wildman–Crippen MR) is 116 cm³/mol. The third kappa shape index (κ3) is 4.24. The average molecular weight is 450 g/mol. The number of aliphatic hydroxyl groups is 1. The molecule has 1 fully saturated rings. The van der Waals surface area contributed by atoms with E-state index >= 15 is 0 Å². The van der Waals surface area contributed by atoms with Gasteiger partial charge in [0.25, 0.3) is 10.0 Å². The third-order valence-electron chi connectivity index (χ3n) is 5.94. The summed E-state index contributed by atoms with van der Waals surface area (Å²) in [4.78, 5) is 16.7. The minimum Gasteiger partial charge on any atom is -0.384 e. The van der Waals surface area contributed by atoms with E-state index < -0.39 is 21.7 Å². The highest BCUT2D eigenvalue weighted by Gasteiger charge is 2.33. The van der Waals surface area contributed by atoms with Gasteiger partial charge in [0.05, 0.1) is 5.69 Å².